The van der Waals surface area contributed by atoms with E-state index < -0.39 is 0 Å². The number of aromatic nitrogens is 1. The molecule has 26 heavy (non-hydrogen) atoms. The summed E-state index contributed by atoms with van der Waals surface area (Å²) in [5.41, 5.74) is 4.69. The van der Waals surface area contributed by atoms with Crippen molar-refractivity contribution in [3.63, 3.8) is 0 Å². The van der Waals surface area contributed by atoms with E-state index in [4.69, 9.17) is 4.74 Å². The zero-order valence-corrected chi connectivity index (χ0v) is 15.2. The fourth-order valence-electron chi connectivity index (χ4n) is 5.20. The lowest BCUT2D eigenvalue weighted by molar-refractivity contribution is 0.186. The number of piperidine rings is 1. The first kappa shape index (κ1) is 16.3. The van der Waals surface area contributed by atoms with Gasteiger partial charge in [0.1, 0.15) is 0 Å². The number of benzene rings is 1. The largest absolute Gasteiger partial charge is 0.380 e. The summed E-state index contributed by atoms with van der Waals surface area (Å²) >= 11 is 0. The lowest BCUT2D eigenvalue weighted by atomic mass is 9.73. The molecule has 4 heteroatoms. The summed E-state index contributed by atoms with van der Waals surface area (Å²) in [5, 5.41) is 3.90. The molecule has 2 aliphatic heterocycles. The van der Waals surface area contributed by atoms with Crippen molar-refractivity contribution in [2.24, 2.45) is 0 Å². The Balaban J connectivity index is 1.36. The molecule has 136 valence electrons. The summed E-state index contributed by atoms with van der Waals surface area (Å²) in [6.45, 7) is 3.98. The molecule has 1 aromatic carbocycles. The molecule has 5 rings (SSSR count). The average molecular weight is 349 g/mol. The first-order valence-electron chi connectivity index (χ1n) is 9.92. The molecule has 2 atom stereocenters. The van der Waals surface area contributed by atoms with Crippen molar-refractivity contribution in [2.75, 3.05) is 31.2 Å². The molecule has 2 aromatic rings. The van der Waals surface area contributed by atoms with E-state index in [0.29, 0.717) is 17.5 Å². The number of fused-ring (bicyclic) bond motifs is 2. The van der Waals surface area contributed by atoms with Crippen LogP contribution in [0, 0.1) is 0 Å². The fraction of sp³-hybridized carbons (Fsp3) is 0.500. The number of anilines is 1. The van der Waals surface area contributed by atoms with Crippen molar-refractivity contribution in [1.82, 2.24) is 10.3 Å². The van der Waals surface area contributed by atoms with E-state index in [0.717, 1.165) is 32.7 Å². The first-order valence-corrected chi connectivity index (χ1v) is 9.92. The highest BCUT2D eigenvalue weighted by molar-refractivity contribution is 5.48. The monoisotopic (exact) mass is 349 g/mol. The molecule has 0 unspecified atom stereocenters. The molecular formula is C22H27N3O. The van der Waals surface area contributed by atoms with E-state index in [1.54, 1.807) is 5.56 Å². The van der Waals surface area contributed by atoms with Gasteiger partial charge in [0.15, 0.2) is 0 Å². The van der Waals surface area contributed by atoms with Crippen molar-refractivity contribution in [3.8, 4) is 0 Å². The maximum Gasteiger partial charge on any atom is 0.0620 e. The Morgan fingerprint density at radius 3 is 2.77 bits per heavy atom. The summed E-state index contributed by atoms with van der Waals surface area (Å²) < 4.78 is 5.58. The minimum atomic E-state index is 0.326. The predicted octanol–water partition coefficient (Wildman–Crippen LogP) is 3.44. The molecule has 1 spiro atoms. The maximum atomic E-state index is 5.58. The molecule has 4 nitrogen and oxygen atoms in total. The van der Waals surface area contributed by atoms with E-state index >= 15 is 0 Å². The SMILES string of the molecule is c1cncc(N2CCC3(CC2)C[C@H](N[C@H]2CCOC2)c2ccccc23)c1. The number of pyridine rings is 1. The van der Waals surface area contributed by atoms with Crippen LogP contribution in [0.2, 0.25) is 0 Å². The lowest BCUT2D eigenvalue weighted by Crippen LogP contribution is -2.42. The van der Waals surface area contributed by atoms with Crippen LogP contribution >= 0.6 is 0 Å². The summed E-state index contributed by atoms with van der Waals surface area (Å²) in [6, 6.07) is 14.3. The second-order valence-corrected chi connectivity index (χ2v) is 8.05. The summed E-state index contributed by atoms with van der Waals surface area (Å²) in [6.07, 6.45) is 8.65. The third-order valence-electron chi connectivity index (χ3n) is 6.60. The van der Waals surface area contributed by atoms with Gasteiger partial charge < -0.3 is 15.0 Å². The smallest absolute Gasteiger partial charge is 0.0620 e. The van der Waals surface area contributed by atoms with Gasteiger partial charge in [-0.15, -0.1) is 0 Å². The van der Waals surface area contributed by atoms with Crippen LogP contribution in [0.25, 0.3) is 0 Å². The van der Waals surface area contributed by atoms with Gasteiger partial charge in [0.25, 0.3) is 0 Å². The summed E-state index contributed by atoms with van der Waals surface area (Å²) in [5.74, 6) is 0. The van der Waals surface area contributed by atoms with Crippen LogP contribution < -0.4 is 10.2 Å². The van der Waals surface area contributed by atoms with E-state index in [1.807, 2.05) is 18.5 Å². The minimum Gasteiger partial charge on any atom is -0.380 e. The highest BCUT2D eigenvalue weighted by atomic mass is 16.5. The predicted molar refractivity (Wildman–Crippen MR) is 104 cm³/mol. The van der Waals surface area contributed by atoms with Crippen LogP contribution in [0.5, 0.6) is 0 Å². The van der Waals surface area contributed by atoms with Gasteiger partial charge in [-0.2, -0.15) is 0 Å². The Bertz CT molecular complexity index is 749. The molecule has 1 aliphatic carbocycles. The Morgan fingerprint density at radius 2 is 2.00 bits per heavy atom. The number of rotatable bonds is 3. The standard InChI is InChI=1S/C22H27N3O/c1-2-6-20-19(5-1)21(24-17-7-13-26-16-17)14-22(20)8-11-25(12-9-22)18-4-3-10-23-15-18/h1-6,10,15,17,21,24H,7-9,11-14,16H2/t17-,21-/m0/s1. The van der Waals surface area contributed by atoms with Crippen LogP contribution in [0.3, 0.4) is 0 Å². The second kappa shape index (κ2) is 6.67. The third kappa shape index (κ3) is 2.81. The molecule has 0 amide bonds. The first-order chi connectivity index (χ1) is 12.8. The molecule has 1 aromatic heterocycles. The van der Waals surface area contributed by atoms with Gasteiger partial charge >= 0.3 is 0 Å². The number of hydrogen-bond acceptors (Lipinski definition) is 4. The Labute approximate surface area is 155 Å². The van der Waals surface area contributed by atoms with Crippen molar-refractivity contribution in [3.05, 3.63) is 59.9 Å². The Kier molecular flexibility index (Phi) is 4.18. The number of nitrogens with zero attached hydrogens (tertiary/aromatic N) is 2. The summed E-state index contributed by atoms with van der Waals surface area (Å²) in [7, 11) is 0. The molecule has 0 radical (unpaired) electrons. The van der Waals surface area contributed by atoms with Crippen molar-refractivity contribution < 1.29 is 4.74 Å². The lowest BCUT2D eigenvalue weighted by Gasteiger charge is -2.41. The fourth-order valence-corrected chi connectivity index (χ4v) is 5.20. The molecule has 2 fully saturated rings. The van der Waals surface area contributed by atoms with Crippen LogP contribution in [0.15, 0.2) is 48.8 Å². The van der Waals surface area contributed by atoms with Gasteiger partial charge in [-0.05, 0) is 48.9 Å². The minimum absolute atomic E-state index is 0.326. The van der Waals surface area contributed by atoms with Crippen LogP contribution in [-0.4, -0.2) is 37.3 Å². The van der Waals surface area contributed by atoms with Crippen molar-refractivity contribution in [2.45, 2.75) is 43.2 Å². The van der Waals surface area contributed by atoms with E-state index in [-0.39, 0.29) is 0 Å². The topological polar surface area (TPSA) is 37.4 Å². The second-order valence-electron chi connectivity index (χ2n) is 8.05. The normalized spacial score (nSPS) is 27.0. The molecule has 3 aliphatic rings. The van der Waals surface area contributed by atoms with E-state index in [2.05, 4.69) is 45.5 Å². The Morgan fingerprint density at radius 1 is 1.12 bits per heavy atom. The summed E-state index contributed by atoms with van der Waals surface area (Å²) in [4.78, 5) is 6.78. The number of ether oxygens (including phenoxy) is 1. The quantitative estimate of drug-likeness (QED) is 0.921. The zero-order valence-electron chi connectivity index (χ0n) is 15.2. The van der Waals surface area contributed by atoms with Gasteiger partial charge in [0.05, 0.1) is 18.5 Å². The molecule has 1 N–H and O–H groups in total. The van der Waals surface area contributed by atoms with Gasteiger partial charge in [-0.3, -0.25) is 4.98 Å². The molecule has 0 bridgehead atoms. The molecular weight excluding hydrogens is 322 g/mol. The van der Waals surface area contributed by atoms with Gasteiger partial charge in [0, 0.05) is 43.4 Å². The van der Waals surface area contributed by atoms with E-state index in [9.17, 15) is 0 Å². The highest BCUT2D eigenvalue weighted by Gasteiger charge is 2.45. The molecule has 0 saturated carbocycles. The maximum absolute atomic E-state index is 5.58. The van der Waals surface area contributed by atoms with Crippen LogP contribution in [0.4, 0.5) is 5.69 Å². The Hall–Kier alpha value is -1.91. The zero-order chi connectivity index (χ0) is 17.4. The third-order valence-corrected chi connectivity index (χ3v) is 6.60. The average Bonchev–Trinajstić information content (AvgIpc) is 3.31. The van der Waals surface area contributed by atoms with Gasteiger partial charge in [0.2, 0.25) is 0 Å². The number of nitrogens with one attached hydrogen (secondary N) is 1. The van der Waals surface area contributed by atoms with Crippen LogP contribution in [0.1, 0.15) is 42.9 Å². The van der Waals surface area contributed by atoms with Gasteiger partial charge in [-0.1, -0.05) is 24.3 Å². The number of hydrogen-bond donors (Lipinski definition) is 1. The van der Waals surface area contributed by atoms with E-state index in [1.165, 1.54) is 30.5 Å². The van der Waals surface area contributed by atoms with Crippen LogP contribution in [-0.2, 0) is 10.2 Å². The molecule has 2 saturated heterocycles. The van der Waals surface area contributed by atoms with Crippen molar-refractivity contribution in [1.29, 1.82) is 0 Å². The molecule has 3 heterocycles. The highest BCUT2D eigenvalue weighted by Crippen LogP contribution is 2.51. The van der Waals surface area contributed by atoms with Gasteiger partial charge in [-0.25, -0.2) is 0 Å². The van der Waals surface area contributed by atoms with Crippen molar-refractivity contribution >= 4 is 5.69 Å².